The minimum atomic E-state index is -3.55. The van der Waals surface area contributed by atoms with Crippen molar-refractivity contribution in [3.63, 3.8) is 0 Å². The molecule has 23 heavy (non-hydrogen) atoms. The standard InChI is InChI=1S/C16H23N3O3S/c1-11-10-15(22-5)6-7-16(11)23(20,21)17-8-9-19-14(4)12(2)13(3)18-19/h6-7,10,17H,8-9H2,1-5H3. The van der Waals surface area contributed by atoms with Crippen molar-refractivity contribution in [2.24, 2.45) is 0 Å². The van der Waals surface area contributed by atoms with Crippen molar-refractivity contribution in [3.05, 3.63) is 40.7 Å². The van der Waals surface area contributed by atoms with E-state index in [2.05, 4.69) is 9.82 Å². The van der Waals surface area contributed by atoms with Crippen LogP contribution in [0.4, 0.5) is 0 Å². The number of hydrogen-bond acceptors (Lipinski definition) is 4. The topological polar surface area (TPSA) is 73.2 Å². The average molecular weight is 337 g/mol. The molecule has 6 nitrogen and oxygen atoms in total. The molecule has 0 amide bonds. The molecule has 0 aliphatic carbocycles. The Labute approximate surface area is 137 Å². The predicted octanol–water partition coefficient (Wildman–Crippen LogP) is 2.10. The second-order valence-electron chi connectivity index (χ2n) is 5.55. The van der Waals surface area contributed by atoms with Gasteiger partial charge in [0.1, 0.15) is 5.75 Å². The van der Waals surface area contributed by atoms with E-state index in [0.717, 1.165) is 17.0 Å². The number of benzene rings is 1. The van der Waals surface area contributed by atoms with Gasteiger partial charge in [0.15, 0.2) is 0 Å². The van der Waals surface area contributed by atoms with Gasteiger partial charge in [-0.2, -0.15) is 5.10 Å². The van der Waals surface area contributed by atoms with E-state index in [-0.39, 0.29) is 11.4 Å². The molecule has 0 fully saturated rings. The van der Waals surface area contributed by atoms with Crippen LogP contribution in [0.1, 0.15) is 22.5 Å². The summed E-state index contributed by atoms with van der Waals surface area (Å²) in [5.74, 6) is 0.638. The molecule has 0 aliphatic rings. The van der Waals surface area contributed by atoms with Crippen molar-refractivity contribution in [1.82, 2.24) is 14.5 Å². The van der Waals surface area contributed by atoms with E-state index in [4.69, 9.17) is 4.74 Å². The minimum absolute atomic E-state index is 0.267. The number of nitrogens with zero attached hydrogens (tertiary/aromatic N) is 2. The maximum absolute atomic E-state index is 12.4. The fraction of sp³-hybridized carbons (Fsp3) is 0.438. The van der Waals surface area contributed by atoms with Crippen molar-refractivity contribution in [1.29, 1.82) is 0 Å². The SMILES string of the molecule is COc1ccc(S(=O)(=O)NCCn2nc(C)c(C)c2C)c(C)c1. The lowest BCUT2D eigenvalue weighted by Gasteiger charge is -2.11. The van der Waals surface area contributed by atoms with Crippen molar-refractivity contribution < 1.29 is 13.2 Å². The van der Waals surface area contributed by atoms with Crippen molar-refractivity contribution in [2.45, 2.75) is 39.1 Å². The van der Waals surface area contributed by atoms with Crippen LogP contribution in [0.2, 0.25) is 0 Å². The normalized spacial score (nSPS) is 11.7. The lowest BCUT2D eigenvalue weighted by atomic mass is 10.2. The van der Waals surface area contributed by atoms with Crippen LogP contribution in [0.25, 0.3) is 0 Å². The number of methoxy groups -OCH3 is 1. The molecule has 7 heteroatoms. The van der Waals surface area contributed by atoms with Crippen LogP contribution in [0.15, 0.2) is 23.1 Å². The highest BCUT2D eigenvalue weighted by Gasteiger charge is 2.17. The molecule has 2 aromatic rings. The van der Waals surface area contributed by atoms with E-state index in [1.54, 1.807) is 32.2 Å². The third-order valence-corrected chi connectivity index (χ3v) is 5.65. The fourth-order valence-electron chi connectivity index (χ4n) is 2.42. The predicted molar refractivity (Wildman–Crippen MR) is 89.4 cm³/mol. The number of hydrogen-bond donors (Lipinski definition) is 1. The number of sulfonamides is 1. The van der Waals surface area contributed by atoms with Crippen LogP contribution >= 0.6 is 0 Å². The molecule has 0 saturated carbocycles. The Bertz CT molecular complexity index is 810. The van der Waals surface area contributed by atoms with Crippen LogP contribution < -0.4 is 9.46 Å². The molecule has 0 spiro atoms. The van der Waals surface area contributed by atoms with E-state index >= 15 is 0 Å². The summed E-state index contributed by atoms with van der Waals surface area (Å²) >= 11 is 0. The third kappa shape index (κ3) is 3.73. The highest BCUT2D eigenvalue weighted by atomic mass is 32.2. The summed E-state index contributed by atoms with van der Waals surface area (Å²) < 4.78 is 34.4. The Morgan fingerprint density at radius 3 is 2.43 bits per heavy atom. The second-order valence-corrected chi connectivity index (χ2v) is 7.28. The summed E-state index contributed by atoms with van der Waals surface area (Å²) in [6, 6.07) is 4.91. The zero-order valence-electron chi connectivity index (χ0n) is 14.2. The molecule has 0 aliphatic heterocycles. The van der Waals surface area contributed by atoms with E-state index in [9.17, 15) is 8.42 Å². The Balaban J connectivity index is 2.08. The summed E-state index contributed by atoms with van der Waals surface area (Å²) in [7, 11) is -2.00. The summed E-state index contributed by atoms with van der Waals surface area (Å²) in [4.78, 5) is 0.267. The second kappa shape index (κ2) is 6.72. The number of aryl methyl sites for hydroxylation is 2. The molecule has 1 aromatic carbocycles. The first-order chi connectivity index (χ1) is 10.8. The number of rotatable bonds is 6. The number of ether oxygens (including phenoxy) is 1. The van der Waals surface area contributed by atoms with Gasteiger partial charge in [-0.3, -0.25) is 4.68 Å². The van der Waals surface area contributed by atoms with Crippen LogP contribution in [0.3, 0.4) is 0 Å². The van der Waals surface area contributed by atoms with Crippen molar-refractivity contribution in [2.75, 3.05) is 13.7 Å². The molecule has 0 unspecified atom stereocenters. The van der Waals surface area contributed by atoms with E-state index in [1.807, 2.05) is 25.5 Å². The Morgan fingerprint density at radius 2 is 1.91 bits per heavy atom. The fourth-order valence-corrected chi connectivity index (χ4v) is 3.66. The van der Waals surface area contributed by atoms with Crippen LogP contribution in [0, 0.1) is 27.7 Å². The van der Waals surface area contributed by atoms with Crippen LogP contribution in [-0.4, -0.2) is 31.9 Å². The molecule has 0 radical (unpaired) electrons. The first-order valence-electron chi connectivity index (χ1n) is 7.41. The molecule has 2 rings (SSSR count). The van der Waals surface area contributed by atoms with Gasteiger partial charge < -0.3 is 4.74 Å². The maximum Gasteiger partial charge on any atom is 0.240 e. The highest BCUT2D eigenvalue weighted by Crippen LogP contribution is 2.20. The Hall–Kier alpha value is -1.86. The molecule has 126 valence electrons. The highest BCUT2D eigenvalue weighted by molar-refractivity contribution is 7.89. The zero-order chi connectivity index (χ0) is 17.2. The average Bonchev–Trinajstić information content (AvgIpc) is 2.74. The largest absolute Gasteiger partial charge is 0.497 e. The number of aromatic nitrogens is 2. The van der Waals surface area contributed by atoms with Gasteiger partial charge in [-0.25, -0.2) is 13.1 Å². The first kappa shape index (κ1) is 17.5. The van der Waals surface area contributed by atoms with Crippen LogP contribution in [-0.2, 0) is 16.6 Å². The lowest BCUT2D eigenvalue weighted by molar-refractivity contribution is 0.414. The quantitative estimate of drug-likeness (QED) is 0.876. The maximum atomic E-state index is 12.4. The van der Waals surface area contributed by atoms with Crippen molar-refractivity contribution >= 4 is 10.0 Å². The van der Waals surface area contributed by atoms with E-state index in [0.29, 0.717) is 17.9 Å². The van der Waals surface area contributed by atoms with Gasteiger partial charge >= 0.3 is 0 Å². The van der Waals surface area contributed by atoms with Gasteiger partial charge in [-0.1, -0.05) is 0 Å². The molecular formula is C16H23N3O3S. The van der Waals surface area contributed by atoms with Gasteiger partial charge in [-0.05, 0) is 57.0 Å². The van der Waals surface area contributed by atoms with Gasteiger partial charge in [0, 0.05) is 12.2 Å². The molecule has 0 atom stereocenters. The molecule has 0 saturated heterocycles. The van der Waals surface area contributed by atoms with Crippen LogP contribution in [0.5, 0.6) is 5.75 Å². The molecule has 1 N–H and O–H groups in total. The lowest BCUT2D eigenvalue weighted by Crippen LogP contribution is -2.28. The van der Waals surface area contributed by atoms with Gasteiger partial charge in [0.2, 0.25) is 10.0 Å². The zero-order valence-corrected chi connectivity index (χ0v) is 15.0. The van der Waals surface area contributed by atoms with Crippen molar-refractivity contribution in [3.8, 4) is 5.75 Å². The first-order valence-corrected chi connectivity index (χ1v) is 8.89. The summed E-state index contributed by atoms with van der Waals surface area (Å²) in [6.07, 6.45) is 0. The Morgan fingerprint density at radius 1 is 1.22 bits per heavy atom. The van der Waals surface area contributed by atoms with Gasteiger partial charge in [0.25, 0.3) is 0 Å². The smallest absolute Gasteiger partial charge is 0.240 e. The monoisotopic (exact) mass is 337 g/mol. The summed E-state index contributed by atoms with van der Waals surface area (Å²) in [6.45, 7) is 8.48. The van der Waals surface area contributed by atoms with E-state index < -0.39 is 10.0 Å². The Kier molecular flexibility index (Phi) is 5.11. The number of nitrogens with one attached hydrogen (secondary N) is 1. The third-order valence-electron chi connectivity index (χ3n) is 4.03. The molecule has 1 aromatic heterocycles. The molecular weight excluding hydrogens is 314 g/mol. The summed E-state index contributed by atoms with van der Waals surface area (Å²) in [5, 5.41) is 4.41. The van der Waals surface area contributed by atoms with Gasteiger partial charge in [0.05, 0.1) is 24.2 Å². The van der Waals surface area contributed by atoms with E-state index in [1.165, 1.54) is 0 Å². The minimum Gasteiger partial charge on any atom is -0.497 e. The summed E-state index contributed by atoms with van der Waals surface area (Å²) in [5.41, 5.74) is 3.82. The molecule has 1 heterocycles. The molecule has 0 bridgehead atoms. The van der Waals surface area contributed by atoms with Gasteiger partial charge in [-0.15, -0.1) is 0 Å².